The number of benzene rings is 1. The quantitative estimate of drug-likeness (QED) is 0.769. The number of ether oxygens (including phenoxy) is 1. The highest BCUT2D eigenvalue weighted by atomic mass is 32.2. The molecular formula is C18H22FN5O3S. The van der Waals surface area contributed by atoms with E-state index in [-0.39, 0.29) is 11.9 Å². The predicted octanol–water partition coefficient (Wildman–Crippen LogP) is 1.79. The number of rotatable bonds is 4. The van der Waals surface area contributed by atoms with E-state index in [1.54, 1.807) is 23.1 Å². The molecule has 1 aromatic carbocycles. The highest BCUT2D eigenvalue weighted by Crippen LogP contribution is 2.28. The summed E-state index contributed by atoms with van der Waals surface area (Å²) in [5.74, 6) is 0.943. The van der Waals surface area contributed by atoms with E-state index < -0.39 is 16.9 Å². The van der Waals surface area contributed by atoms with Crippen molar-refractivity contribution in [2.75, 3.05) is 40.9 Å². The average molecular weight is 407 g/mol. The summed E-state index contributed by atoms with van der Waals surface area (Å²) in [6, 6.07) is 4.83. The minimum Gasteiger partial charge on any atom is -0.442 e. The molecule has 1 atom stereocenters. The normalized spacial score (nSPS) is 21.5. The van der Waals surface area contributed by atoms with Gasteiger partial charge in [-0.15, -0.1) is 0 Å². The SMILES string of the molecule is O=C1O[C@@H](Cn2cncn2)CN1c1ccc(N2CCCS(=O)CCC2)c(F)c1. The second-order valence-corrected chi connectivity index (χ2v) is 8.61. The van der Waals surface area contributed by atoms with Crippen LogP contribution in [-0.4, -0.2) is 62.3 Å². The fourth-order valence-electron chi connectivity index (χ4n) is 3.57. The van der Waals surface area contributed by atoms with Gasteiger partial charge in [-0.1, -0.05) is 0 Å². The lowest BCUT2D eigenvalue weighted by molar-refractivity contribution is 0.129. The third-order valence-electron chi connectivity index (χ3n) is 4.92. The van der Waals surface area contributed by atoms with Gasteiger partial charge in [0.05, 0.1) is 24.5 Å². The molecule has 1 aromatic heterocycles. The molecule has 0 N–H and O–H groups in total. The molecule has 2 saturated heterocycles. The van der Waals surface area contributed by atoms with Gasteiger partial charge < -0.3 is 9.64 Å². The maximum absolute atomic E-state index is 14.8. The number of hydrogen-bond acceptors (Lipinski definition) is 6. The van der Waals surface area contributed by atoms with Crippen molar-refractivity contribution < 1.29 is 18.1 Å². The van der Waals surface area contributed by atoms with Crippen LogP contribution in [0.25, 0.3) is 0 Å². The van der Waals surface area contributed by atoms with Gasteiger partial charge in [-0.25, -0.2) is 18.9 Å². The Morgan fingerprint density at radius 2 is 2.04 bits per heavy atom. The van der Waals surface area contributed by atoms with E-state index in [1.165, 1.54) is 17.3 Å². The zero-order valence-corrected chi connectivity index (χ0v) is 16.2. The molecule has 2 aliphatic heterocycles. The van der Waals surface area contributed by atoms with Crippen LogP contribution in [0.2, 0.25) is 0 Å². The number of cyclic esters (lactones) is 1. The Balaban J connectivity index is 1.45. The molecule has 3 heterocycles. The summed E-state index contributed by atoms with van der Waals surface area (Å²) in [6.07, 6.45) is 3.67. The second kappa shape index (κ2) is 8.26. The van der Waals surface area contributed by atoms with Crippen LogP contribution in [0.1, 0.15) is 12.8 Å². The number of carbonyl (C=O) groups is 1. The highest BCUT2D eigenvalue weighted by molar-refractivity contribution is 7.84. The Morgan fingerprint density at radius 3 is 2.71 bits per heavy atom. The zero-order chi connectivity index (χ0) is 19.5. The van der Waals surface area contributed by atoms with E-state index >= 15 is 0 Å². The fraction of sp³-hybridized carbons (Fsp3) is 0.500. The summed E-state index contributed by atoms with van der Waals surface area (Å²) >= 11 is 0. The third kappa shape index (κ3) is 4.16. The number of nitrogens with zero attached hydrogens (tertiary/aromatic N) is 5. The Bertz CT molecular complexity index is 851. The number of halogens is 1. The number of carbonyl (C=O) groups excluding carboxylic acids is 1. The Kier molecular flexibility index (Phi) is 5.56. The van der Waals surface area contributed by atoms with Crippen molar-refractivity contribution in [3.63, 3.8) is 0 Å². The summed E-state index contributed by atoms with van der Waals surface area (Å²) in [6.45, 7) is 2.08. The molecule has 2 aromatic rings. The molecule has 4 rings (SSSR count). The van der Waals surface area contributed by atoms with Gasteiger partial charge in [0, 0.05) is 35.4 Å². The van der Waals surface area contributed by atoms with Crippen LogP contribution in [0.5, 0.6) is 0 Å². The molecule has 1 amide bonds. The van der Waals surface area contributed by atoms with Crippen molar-refractivity contribution in [3.05, 3.63) is 36.7 Å². The van der Waals surface area contributed by atoms with Crippen LogP contribution in [0.15, 0.2) is 30.9 Å². The Labute approximate surface area is 164 Å². The molecular weight excluding hydrogens is 385 g/mol. The van der Waals surface area contributed by atoms with Crippen LogP contribution in [0, 0.1) is 5.82 Å². The molecule has 0 spiro atoms. The van der Waals surface area contributed by atoms with Crippen molar-refractivity contribution in [3.8, 4) is 0 Å². The van der Waals surface area contributed by atoms with Crippen molar-refractivity contribution >= 4 is 28.3 Å². The lowest BCUT2D eigenvalue weighted by Gasteiger charge is -2.27. The molecule has 0 aliphatic carbocycles. The molecule has 0 bridgehead atoms. The molecule has 10 heteroatoms. The Morgan fingerprint density at radius 1 is 1.25 bits per heavy atom. The smallest absolute Gasteiger partial charge is 0.414 e. The van der Waals surface area contributed by atoms with Gasteiger partial charge in [-0.2, -0.15) is 5.10 Å². The van der Waals surface area contributed by atoms with Crippen molar-refractivity contribution in [1.82, 2.24) is 14.8 Å². The maximum Gasteiger partial charge on any atom is 0.414 e. The Hall–Kier alpha value is -2.49. The number of hydrogen-bond donors (Lipinski definition) is 0. The minimum atomic E-state index is -0.759. The van der Waals surface area contributed by atoms with Gasteiger partial charge >= 0.3 is 6.09 Å². The van der Waals surface area contributed by atoms with Crippen LogP contribution in [-0.2, 0) is 22.1 Å². The van der Waals surface area contributed by atoms with Crippen LogP contribution < -0.4 is 9.80 Å². The van der Waals surface area contributed by atoms with E-state index in [2.05, 4.69) is 10.1 Å². The molecule has 0 radical (unpaired) electrons. The van der Waals surface area contributed by atoms with Gasteiger partial charge in [0.2, 0.25) is 0 Å². The lowest BCUT2D eigenvalue weighted by Crippen LogP contribution is -2.31. The first-order valence-corrected chi connectivity index (χ1v) is 10.8. The largest absolute Gasteiger partial charge is 0.442 e. The first-order valence-electron chi connectivity index (χ1n) is 9.30. The molecule has 28 heavy (non-hydrogen) atoms. The van der Waals surface area contributed by atoms with Crippen molar-refractivity contribution in [2.45, 2.75) is 25.5 Å². The summed E-state index contributed by atoms with van der Waals surface area (Å²) in [5, 5.41) is 4.01. The van der Waals surface area contributed by atoms with Crippen LogP contribution in [0.4, 0.5) is 20.6 Å². The maximum atomic E-state index is 14.8. The third-order valence-corrected chi connectivity index (χ3v) is 6.40. The topological polar surface area (TPSA) is 80.6 Å². The predicted molar refractivity (Wildman–Crippen MR) is 103 cm³/mol. The van der Waals surface area contributed by atoms with Gasteiger partial charge in [0.15, 0.2) is 0 Å². The summed E-state index contributed by atoms with van der Waals surface area (Å²) in [4.78, 5) is 19.5. The van der Waals surface area contributed by atoms with Crippen molar-refractivity contribution in [1.29, 1.82) is 0 Å². The monoisotopic (exact) mass is 407 g/mol. The molecule has 0 unspecified atom stereocenters. The molecule has 2 fully saturated rings. The average Bonchev–Trinajstić information content (AvgIpc) is 3.28. The van der Waals surface area contributed by atoms with E-state index in [0.717, 1.165) is 12.8 Å². The van der Waals surface area contributed by atoms with Crippen molar-refractivity contribution in [2.24, 2.45) is 0 Å². The highest BCUT2D eigenvalue weighted by Gasteiger charge is 2.33. The second-order valence-electron chi connectivity index (χ2n) is 6.91. The van der Waals surface area contributed by atoms with E-state index in [9.17, 15) is 13.4 Å². The number of amides is 1. The van der Waals surface area contributed by atoms with Crippen LogP contribution in [0.3, 0.4) is 0 Å². The summed E-state index contributed by atoms with van der Waals surface area (Å²) in [5.41, 5.74) is 0.989. The van der Waals surface area contributed by atoms with Gasteiger partial charge in [0.1, 0.15) is 24.6 Å². The van der Waals surface area contributed by atoms with E-state index in [4.69, 9.17) is 4.74 Å². The summed E-state index contributed by atoms with van der Waals surface area (Å²) < 4.78 is 33.4. The van der Waals surface area contributed by atoms with Gasteiger partial charge in [-0.05, 0) is 31.0 Å². The number of aromatic nitrogens is 3. The first-order chi connectivity index (χ1) is 13.6. The van der Waals surface area contributed by atoms with E-state index in [0.29, 0.717) is 49.1 Å². The van der Waals surface area contributed by atoms with Crippen LogP contribution >= 0.6 is 0 Å². The van der Waals surface area contributed by atoms with E-state index in [1.807, 2.05) is 4.90 Å². The molecule has 0 saturated carbocycles. The van der Waals surface area contributed by atoms with Gasteiger partial charge in [0.25, 0.3) is 0 Å². The first kappa shape index (κ1) is 18.9. The minimum absolute atomic E-state index is 0.326. The molecule has 150 valence electrons. The standard InChI is InChI=1S/C18H22FN5O3S/c19-16-9-14(3-4-17(16)22-5-1-7-28(26)8-2-6-22)24-11-15(27-18(24)25)10-23-13-20-12-21-23/h3-4,9,12-13,15H,1-2,5-8,10-11H2/t15-/m0/s1. The lowest BCUT2D eigenvalue weighted by atomic mass is 10.2. The number of anilines is 2. The fourth-order valence-corrected chi connectivity index (χ4v) is 4.68. The zero-order valence-electron chi connectivity index (χ0n) is 15.4. The van der Waals surface area contributed by atoms with Gasteiger partial charge in [-0.3, -0.25) is 9.11 Å². The summed E-state index contributed by atoms with van der Waals surface area (Å²) in [7, 11) is -0.759. The molecule has 8 nitrogen and oxygen atoms in total. The molecule has 2 aliphatic rings.